The van der Waals surface area contributed by atoms with Crippen LogP contribution < -0.4 is 21.1 Å². The normalized spacial score (nSPS) is 9.45. The lowest BCUT2D eigenvalue weighted by molar-refractivity contribution is -0.148. The molecule has 4 amide bonds. The highest BCUT2D eigenvalue weighted by Gasteiger charge is 2.10. The molecule has 0 heterocycles. The van der Waals surface area contributed by atoms with Crippen molar-refractivity contribution in [2.45, 2.75) is 0 Å². The number of carbonyl (C=O) groups excluding carboxylic acids is 4. The van der Waals surface area contributed by atoms with Crippen LogP contribution in [0, 0.1) is 0 Å². The summed E-state index contributed by atoms with van der Waals surface area (Å²) in [6.45, 7) is -1.36. The molecule has 4 N–H and O–H groups in total. The van der Waals surface area contributed by atoms with E-state index in [1.165, 1.54) is 0 Å². The van der Waals surface area contributed by atoms with Gasteiger partial charge in [-0.05, 0) is 12.1 Å². The van der Waals surface area contributed by atoms with E-state index in [0.29, 0.717) is 5.75 Å². The van der Waals surface area contributed by atoms with Crippen molar-refractivity contribution in [2.24, 2.45) is 5.73 Å². The smallest absolute Gasteiger partial charge is 0.325 e. The quantitative estimate of drug-likeness (QED) is 0.548. The van der Waals surface area contributed by atoms with E-state index in [1.54, 1.807) is 35.6 Å². The number of amides is 4. The average molecular weight is 309 g/mol. The van der Waals surface area contributed by atoms with Crippen LogP contribution in [0.15, 0.2) is 30.3 Å². The lowest BCUT2D eigenvalue weighted by Gasteiger charge is -2.07. The lowest BCUT2D eigenvalue weighted by Crippen LogP contribution is -2.39. The topological polar surface area (TPSA) is 137 Å². The van der Waals surface area contributed by atoms with E-state index in [1.807, 2.05) is 0 Å². The van der Waals surface area contributed by atoms with Crippen LogP contribution in [0.25, 0.3) is 0 Å². The van der Waals surface area contributed by atoms with Gasteiger partial charge in [0.05, 0.1) is 0 Å². The molecule has 9 heteroatoms. The number of carbonyl (C=O) groups is 4. The minimum Gasteiger partial charge on any atom is -0.484 e. The van der Waals surface area contributed by atoms with Crippen molar-refractivity contribution in [2.75, 3.05) is 19.8 Å². The van der Waals surface area contributed by atoms with Crippen LogP contribution in [0.4, 0.5) is 4.79 Å². The fourth-order valence-electron chi connectivity index (χ4n) is 1.26. The molecule has 0 unspecified atom stereocenters. The summed E-state index contributed by atoms with van der Waals surface area (Å²) in [5.74, 6) is -1.71. The Kier molecular flexibility index (Phi) is 6.90. The minimum absolute atomic E-state index is 0.264. The molecule has 1 rings (SSSR count). The van der Waals surface area contributed by atoms with Gasteiger partial charge in [-0.2, -0.15) is 0 Å². The third-order valence-electron chi connectivity index (χ3n) is 2.17. The Morgan fingerprint density at radius 1 is 1.00 bits per heavy atom. The molecule has 0 bridgehead atoms. The number of nitrogens with one attached hydrogen (secondary N) is 2. The molecule has 0 aliphatic rings. The van der Waals surface area contributed by atoms with Crippen LogP contribution in [0.5, 0.6) is 5.75 Å². The van der Waals surface area contributed by atoms with Gasteiger partial charge in [-0.25, -0.2) is 4.79 Å². The molecule has 0 saturated heterocycles. The van der Waals surface area contributed by atoms with E-state index in [-0.39, 0.29) is 6.61 Å². The second-order valence-corrected chi connectivity index (χ2v) is 3.95. The summed E-state index contributed by atoms with van der Waals surface area (Å²) in [4.78, 5) is 44.0. The summed E-state index contributed by atoms with van der Waals surface area (Å²) in [6.07, 6.45) is 0. The van der Waals surface area contributed by atoms with E-state index in [2.05, 4.69) is 10.1 Å². The molecule has 9 nitrogen and oxygen atoms in total. The van der Waals surface area contributed by atoms with Crippen LogP contribution in [0.2, 0.25) is 0 Å². The van der Waals surface area contributed by atoms with Crippen molar-refractivity contribution in [3.63, 3.8) is 0 Å². The summed E-state index contributed by atoms with van der Waals surface area (Å²) in [7, 11) is 0. The number of imide groups is 1. The predicted octanol–water partition coefficient (Wildman–Crippen LogP) is -1.08. The summed E-state index contributed by atoms with van der Waals surface area (Å²) in [6, 6.07) is 7.62. The molecule has 0 atom stereocenters. The van der Waals surface area contributed by atoms with Gasteiger partial charge < -0.3 is 20.5 Å². The molecule has 0 spiro atoms. The monoisotopic (exact) mass is 309 g/mol. The maximum absolute atomic E-state index is 11.4. The number of esters is 1. The van der Waals surface area contributed by atoms with Gasteiger partial charge in [-0.3, -0.25) is 19.7 Å². The van der Waals surface area contributed by atoms with Gasteiger partial charge in [0.15, 0.2) is 13.2 Å². The number of urea groups is 1. The Bertz CT molecular complexity index is 546. The molecule has 1 aromatic carbocycles. The summed E-state index contributed by atoms with van der Waals surface area (Å²) in [5.41, 5.74) is 4.70. The Morgan fingerprint density at radius 3 is 2.32 bits per heavy atom. The van der Waals surface area contributed by atoms with E-state index in [4.69, 9.17) is 10.5 Å². The minimum atomic E-state index is -1.05. The van der Waals surface area contributed by atoms with Gasteiger partial charge in [0.25, 0.3) is 11.8 Å². The molecular formula is C13H15N3O6. The van der Waals surface area contributed by atoms with E-state index >= 15 is 0 Å². The van der Waals surface area contributed by atoms with Gasteiger partial charge in [-0.15, -0.1) is 0 Å². The molecule has 0 aliphatic heterocycles. The molecule has 22 heavy (non-hydrogen) atoms. The zero-order valence-electron chi connectivity index (χ0n) is 11.5. The van der Waals surface area contributed by atoms with Crippen LogP contribution in [0.1, 0.15) is 0 Å². The average Bonchev–Trinajstić information content (AvgIpc) is 2.49. The predicted molar refractivity (Wildman–Crippen MR) is 73.6 cm³/mol. The second-order valence-electron chi connectivity index (χ2n) is 3.95. The Balaban J connectivity index is 2.16. The van der Waals surface area contributed by atoms with Crippen LogP contribution in [-0.4, -0.2) is 43.6 Å². The number of para-hydroxylation sites is 1. The number of ether oxygens (including phenoxy) is 2. The second kappa shape index (κ2) is 8.95. The first-order valence-corrected chi connectivity index (χ1v) is 6.17. The number of benzene rings is 1. The standard InChI is InChI=1S/C13H15N3O6/c14-13(20)16-11(18)8-22-12(19)6-15-10(17)7-21-9-4-2-1-3-5-9/h1-5H,6-8H2,(H,15,17)(H3,14,16,18,20). The summed E-state index contributed by atoms with van der Waals surface area (Å²) >= 11 is 0. The third kappa shape index (κ3) is 7.48. The van der Waals surface area contributed by atoms with Crippen molar-refractivity contribution in [3.05, 3.63) is 30.3 Å². The maximum atomic E-state index is 11.4. The number of nitrogens with two attached hydrogens (primary N) is 1. The van der Waals surface area contributed by atoms with Crippen molar-refractivity contribution in [1.29, 1.82) is 0 Å². The molecule has 0 aromatic heterocycles. The zero-order chi connectivity index (χ0) is 16.4. The van der Waals surface area contributed by atoms with Gasteiger partial charge in [-0.1, -0.05) is 18.2 Å². The fourth-order valence-corrected chi connectivity index (χ4v) is 1.26. The van der Waals surface area contributed by atoms with Crippen LogP contribution >= 0.6 is 0 Å². The molecule has 0 saturated carbocycles. The van der Waals surface area contributed by atoms with Crippen molar-refractivity contribution in [3.8, 4) is 5.75 Å². The first-order chi connectivity index (χ1) is 10.5. The van der Waals surface area contributed by atoms with Crippen LogP contribution in [-0.2, 0) is 19.1 Å². The largest absolute Gasteiger partial charge is 0.484 e. The molecule has 0 fully saturated rings. The molecular weight excluding hydrogens is 294 g/mol. The number of primary amides is 1. The molecule has 118 valence electrons. The first-order valence-electron chi connectivity index (χ1n) is 6.17. The summed E-state index contributed by atoms with van der Waals surface area (Å²) in [5, 5.41) is 3.97. The molecule has 0 radical (unpaired) electrons. The maximum Gasteiger partial charge on any atom is 0.325 e. The molecule has 1 aromatic rings. The Morgan fingerprint density at radius 2 is 1.68 bits per heavy atom. The van der Waals surface area contributed by atoms with E-state index < -0.39 is 37.0 Å². The number of rotatable bonds is 7. The Hall–Kier alpha value is -3.10. The molecule has 0 aliphatic carbocycles. The highest BCUT2D eigenvalue weighted by molar-refractivity contribution is 5.95. The number of hydrogen-bond acceptors (Lipinski definition) is 6. The SMILES string of the molecule is NC(=O)NC(=O)COC(=O)CNC(=O)COc1ccccc1. The van der Waals surface area contributed by atoms with Gasteiger partial charge >= 0.3 is 12.0 Å². The van der Waals surface area contributed by atoms with E-state index in [0.717, 1.165) is 0 Å². The highest BCUT2D eigenvalue weighted by atomic mass is 16.5. The fraction of sp³-hybridized carbons (Fsp3) is 0.231. The highest BCUT2D eigenvalue weighted by Crippen LogP contribution is 2.07. The Labute approximate surface area is 125 Å². The van der Waals surface area contributed by atoms with Crippen molar-refractivity contribution < 1.29 is 28.7 Å². The van der Waals surface area contributed by atoms with E-state index in [9.17, 15) is 19.2 Å². The van der Waals surface area contributed by atoms with Gasteiger partial charge in [0.1, 0.15) is 12.3 Å². The van der Waals surface area contributed by atoms with Crippen LogP contribution in [0.3, 0.4) is 0 Å². The van der Waals surface area contributed by atoms with Crippen molar-refractivity contribution >= 4 is 23.8 Å². The van der Waals surface area contributed by atoms with Gasteiger partial charge in [0.2, 0.25) is 0 Å². The third-order valence-corrected chi connectivity index (χ3v) is 2.17. The van der Waals surface area contributed by atoms with Crippen molar-refractivity contribution in [1.82, 2.24) is 10.6 Å². The zero-order valence-corrected chi connectivity index (χ0v) is 11.5. The first kappa shape index (κ1) is 17.0. The number of hydrogen-bond donors (Lipinski definition) is 3. The summed E-state index contributed by atoms with van der Waals surface area (Å²) < 4.78 is 9.67. The van der Waals surface area contributed by atoms with Gasteiger partial charge in [0, 0.05) is 0 Å². The lowest BCUT2D eigenvalue weighted by atomic mass is 10.3.